The van der Waals surface area contributed by atoms with Gasteiger partial charge in [0.2, 0.25) is 0 Å². The molecule has 0 saturated carbocycles. The predicted molar refractivity (Wildman–Crippen MR) is 64.2 cm³/mol. The van der Waals surface area contributed by atoms with Crippen molar-refractivity contribution in [3.8, 4) is 0 Å². The first kappa shape index (κ1) is 9.36. The Kier molecular flexibility index (Phi) is 1.94. The van der Waals surface area contributed by atoms with Crippen molar-refractivity contribution in [3.63, 3.8) is 0 Å². The fourth-order valence-corrected chi connectivity index (χ4v) is 2.06. The summed E-state index contributed by atoms with van der Waals surface area (Å²) in [6.45, 7) is 0. The van der Waals surface area contributed by atoms with Crippen LogP contribution < -0.4 is 4.54 Å². The summed E-state index contributed by atoms with van der Waals surface area (Å²) in [5.74, 6) is 0. The molecule has 0 atom stereocenters. The normalized spacial score (nSPS) is 11.1. The van der Waals surface area contributed by atoms with Crippen LogP contribution in [0.25, 0.3) is 21.8 Å². The number of benzene rings is 2. The van der Waals surface area contributed by atoms with E-state index in [9.17, 15) is 4.91 Å². The summed E-state index contributed by atoms with van der Waals surface area (Å²) in [5, 5.41) is 5.25. The summed E-state index contributed by atoms with van der Waals surface area (Å²) in [6.07, 6.45) is 0. The number of aromatic nitrogens is 2. The number of para-hydroxylation sites is 1. The highest BCUT2D eigenvalue weighted by molar-refractivity contribution is 6.31. The lowest BCUT2D eigenvalue weighted by molar-refractivity contribution is -0.532. The molecule has 0 spiro atoms. The monoisotopic (exact) mass is 231 g/mol. The quantitative estimate of drug-likeness (QED) is 0.469. The Balaban J connectivity index is 2.67. The van der Waals surface area contributed by atoms with Gasteiger partial charge in [0, 0.05) is 16.5 Å². The summed E-state index contributed by atoms with van der Waals surface area (Å²) >= 11 is 5.95. The Hall–Kier alpha value is -1.87. The van der Waals surface area contributed by atoms with Crippen LogP contribution in [0.1, 0.15) is 0 Å². The molecule has 3 nitrogen and oxygen atoms in total. The molecule has 0 radical (unpaired) electrons. The van der Waals surface area contributed by atoms with Crippen LogP contribution in [0.3, 0.4) is 0 Å². The molecule has 0 unspecified atom stereocenters. The minimum atomic E-state index is 0.586. The maximum absolute atomic E-state index is 11.7. The first-order chi connectivity index (χ1) is 7.75. The van der Waals surface area contributed by atoms with E-state index in [1.807, 2.05) is 30.3 Å². The van der Waals surface area contributed by atoms with E-state index in [4.69, 9.17) is 11.6 Å². The Morgan fingerprint density at radius 2 is 1.88 bits per heavy atom. The van der Waals surface area contributed by atoms with Gasteiger partial charge >= 0.3 is 0 Å². The maximum Gasteiger partial charge on any atom is 0.300 e. The van der Waals surface area contributed by atoms with Crippen LogP contribution in [0.5, 0.6) is 0 Å². The van der Waals surface area contributed by atoms with Crippen molar-refractivity contribution in [2.24, 2.45) is 0 Å². The van der Waals surface area contributed by atoms with Gasteiger partial charge in [-0.2, -0.15) is 0 Å². The lowest BCUT2D eigenvalue weighted by Gasteiger charge is -1.97. The average Bonchev–Trinajstić information content (AvgIpc) is 2.29. The summed E-state index contributed by atoms with van der Waals surface area (Å²) in [5.41, 5.74) is 1.38. The van der Waals surface area contributed by atoms with Gasteiger partial charge in [-0.3, -0.25) is 0 Å². The van der Waals surface area contributed by atoms with E-state index < -0.39 is 0 Å². The molecule has 0 saturated heterocycles. The van der Waals surface area contributed by atoms with E-state index in [1.54, 1.807) is 12.1 Å². The molecular weight excluding hydrogens is 224 g/mol. The SMILES string of the molecule is O=[n+]1[nH]c2ccccc2c2cc(Cl)ccc21. The highest BCUT2D eigenvalue weighted by Gasteiger charge is 2.11. The third kappa shape index (κ3) is 1.29. The molecular formula is C12H8ClN2O+. The number of hydrogen-bond acceptors (Lipinski definition) is 1. The Morgan fingerprint density at radius 1 is 1.06 bits per heavy atom. The zero-order valence-corrected chi connectivity index (χ0v) is 9.03. The molecule has 3 aromatic rings. The van der Waals surface area contributed by atoms with Crippen LogP contribution in [0.15, 0.2) is 42.5 Å². The van der Waals surface area contributed by atoms with Crippen molar-refractivity contribution in [2.75, 3.05) is 0 Å². The molecule has 0 aliphatic heterocycles. The second-order valence-corrected chi connectivity index (χ2v) is 4.05. The van der Waals surface area contributed by atoms with Gasteiger partial charge in [0.25, 0.3) is 5.52 Å². The third-order valence-electron chi connectivity index (χ3n) is 2.62. The van der Waals surface area contributed by atoms with E-state index in [0.717, 1.165) is 20.8 Å². The zero-order chi connectivity index (χ0) is 11.1. The van der Waals surface area contributed by atoms with Gasteiger partial charge in [-0.15, -0.1) is 5.10 Å². The molecule has 78 valence electrons. The molecule has 1 heterocycles. The Labute approximate surface area is 95.9 Å². The lowest BCUT2D eigenvalue weighted by Crippen LogP contribution is -2.20. The first-order valence-electron chi connectivity index (χ1n) is 4.88. The molecule has 3 rings (SSSR count). The molecule has 2 aromatic carbocycles. The number of aromatic amines is 1. The largest absolute Gasteiger partial charge is 0.300 e. The number of H-pyrrole nitrogens is 1. The van der Waals surface area contributed by atoms with E-state index in [0.29, 0.717) is 10.5 Å². The van der Waals surface area contributed by atoms with Crippen molar-refractivity contribution in [2.45, 2.75) is 0 Å². The van der Waals surface area contributed by atoms with E-state index in [-0.39, 0.29) is 0 Å². The van der Waals surface area contributed by atoms with Gasteiger partial charge < -0.3 is 0 Å². The fourth-order valence-electron chi connectivity index (χ4n) is 1.89. The molecule has 0 fully saturated rings. The first-order valence-corrected chi connectivity index (χ1v) is 5.26. The van der Waals surface area contributed by atoms with Gasteiger partial charge in [0.05, 0.1) is 10.3 Å². The van der Waals surface area contributed by atoms with Crippen LogP contribution in [0.2, 0.25) is 5.02 Å². The molecule has 16 heavy (non-hydrogen) atoms. The maximum atomic E-state index is 11.7. The van der Waals surface area contributed by atoms with Crippen LogP contribution in [-0.4, -0.2) is 5.10 Å². The second kappa shape index (κ2) is 3.32. The minimum Gasteiger partial charge on any atom is -0.114 e. The number of rotatable bonds is 0. The summed E-state index contributed by atoms with van der Waals surface area (Å²) in [6, 6.07) is 12.9. The minimum absolute atomic E-state index is 0.586. The standard InChI is InChI=1S/C12H8ClN2O/c13-8-5-6-12-10(7-8)9-3-1-2-4-11(9)14-15(12)16/h1-7H,(H,14,16)/q+1. The van der Waals surface area contributed by atoms with Gasteiger partial charge in [0.15, 0.2) is 4.54 Å². The van der Waals surface area contributed by atoms with Crippen LogP contribution in [0, 0.1) is 4.91 Å². The van der Waals surface area contributed by atoms with E-state index in [1.165, 1.54) is 0 Å². The van der Waals surface area contributed by atoms with Crippen molar-refractivity contribution in [1.29, 1.82) is 0 Å². The van der Waals surface area contributed by atoms with E-state index >= 15 is 0 Å². The topological polar surface area (TPSA) is 38.8 Å². The molecule has 1 aromatic heterocycles. The lowest BCUT2D eigenvalue weighted by atomic mass is 10.1. The molecule has 4 heteroatoms. The fraction of sp³-hybridized carbons (Fsp3) is 0. The third-order valence-corrected chi connectivity index (χ3v) is 2.85. The van der Waals surface area contributed by atoms with Crippen molar-refractivity contribution < 1.29 is 4.54 Å². The molecule has 0 aliphatic carbocycles. The van der Waals surface area contributed by atoms with Crippen LogP contribution in [0.4, 0.5) is 0 Å². The number of nitrogens with one attached hydrogen (secondary N) is 1. The molecule has 1 N–H and O–H groups in total. The van der Waals surface area contributed by atoms with Crippen LogP contribution >= 0.6 is 11.6 Å². The van der Waals surface area contributed by atoms with Crippen LogP contribution in [-0.2, 0) is 0 Å². The van der Waals surface area contributed by atoms with Gasteiger partial charge in [-0.1, -0.05) is 29.8 Å². The Morgan fingerprint density at radius 3 is 2.75 bits per heavy atom. The number of hydrogen-bond donors (Lipinski definition) is 1. The number of halogens is 1. The number of nitrogens with zero attached hydrogens (tertiary/aromatic N) is 1. The molecule has 0 amide bonds. The van der Waals surface area contributed by atoms with E-state index in [2.05, 4.69) is 5.10 Å². The number of fused-ring (bicyclic) bond motifs is 3. The van der Waals surface area contributed by atoms with Gasteiger partial charge in [-0.05, 0) is 18.2 Å². The van der Waals surface area contributed by atoms with Crippen molar-refractivity contribution in [3.05, 3.63) is 52.4 Å². The highest BCUT2D eigenvalue weighted by Crippen LogP contribution is 2.23. The van der Waals surface area contributed by atoms with Gasteiger partial charge in [-0.25, -0.2) is 0 Å². The van der Waals surface area contributed by atoms with Crippen molar-refractivity contribution in [1.82, 2.24) is 5.10 Å². The molecule has 0 aliphatic rings. The van der Waals surface area contributed by atoms with Gasteiger partial charge in [0.1, 0.15) is 5.52 Å². The summed E-state index contributed by atoms with van der Waals surface area (Å²) < 4.78 is 0.758. The predicted octanol–water partition coefficient (Wildman–Crippen LogP) is 2.89. The average molecular weight is 232 g/mol. The Bertz CT molecular complexity index is 749. The summed E-state index contributed by atoms with van der Waals surface area (Å²) in [7, 11) is 0. The van der Waals surface area contributed by atoms with Crippen molar-refractivity contribution >= 4 is 33.4 Å². The highest BCUT2D eigenvalue weighted by atomic mass is 35.5. The summed E-state index contributed by atoms with van der Waals surface area (Å²) in [4.78, 5) is 11.7. The smallest absolute Gasteiger partial charge is 0.114 e. The molecule has 0 bridgehead atoms. The zero-order valence-electron chi connectivity index (χ0n) is 8.27. The second-order valence-electron chi connectivity index (χ2n) is 3.61.